The fourth-order valence-electron chi connectivity index (χ4n) is 2.81. The number of amides is 1. The monoisotopic (exact) mass is 240 g/mol. The molecule has 1 aliphatic rings. The fourth-order valence-corrected chi connectivity index (χ4v) is 2.81. The van der Waals surface area contributed by atoms with Crippen LogP contribution in [0.3, 0.4) is 0 Å². The van der Waals surface area contributed by atoms with Gasteiger partial charge in [0.1, 0.15) is 0 Å². The first-order valence-electron chi connectivity index (χ1n) is 7.01. The van der Waals surface area contributed by atoms with E-state index in [1.807, 2.05) is 0 Å². The molecule has 0 saturated heterocycles. The molecule has 3 N–H and O–H groups in total. The highest BCUT2D eigenvalue weighted by Gasteiger charge is 2.39. The Kier molecular flexibility index (Phi) is 5.44. The maximum atomic E-state index is 12.2. The Morgan fingerprint density at radius 2 is 2.24 bits per heavy atom. The van der Waals surface area contributed by atoms with Gasteiger partial charge < -0.3 is 11.1 Å². The number of carbonyl (C=O) groups excluding carboxylic acids is 1. The third kappa shape index (κ3) is 3.98. The lowest BCUT2D eigenvalue weighted by atomic mass is 9.81. The van der Waals surface area contributed by atoms with Crippen molar-refractivity contribution in [2.45, 2.75) is 65.3 Å². The molecule has 17 heavy (non-hydrogen) atoms. The second kappa shape index (κ2) is 6.39. The van der Waals surface area contributed by atoms with E-state index in [4.69, 9.17) is 5.73 Å². The summed E-state index contributed by atoms with van der Waals surface area (Å²) in [4.78, 5) is 12.2. The standard InChI is InChI=1S/C14H28N2O/c1-4-5-7-11(10-15)16-13(17)12-8-6-9-14(12,2)3/h11-12H,4-10,15H2,1-3H3,(H,16,17). The van der Waals surface area contributed by atoms with Crippen LogP contribution in [0.1, 0.15) is 59.3 Å². The van der Waals surface area contributed by atoms with Gasteiger partial charge in [-0.25, -0.2) is 0 Å². The lowest BCUT2D eigenvalue weighted by molar-refractivity contribution is -0.128. The Morgan fingerprint density at radius 3 is 2.71 bits per heavy atom. The molecule has 2 unspecified atom stereocenters. The summed E-state index contributed by atoms with van der Waals surface area (Å²) in [6.07, 6.45) is 6.66. The number of nitrogens with one attached hydrogen (secondary N) is 1. The summed E-state index contributed by atoms with van der Waals surface area (Å²) in [5.74, 6) is 0.400. The van der Waals surface area contributed by atoms with Gasteiger partial charge in [0.2, 0.25) is 5.91 Å². The zero-order valence-corrected chi connectivity index (χ0v) is 11.6. The highest BCUT2D eigenvalue weighted by molar-refractivity contribution is 5.80. The van der Waals surface area contributed by atoms with E-state index in [0.29, 0.717) is 6.54 Å². The average molecular weight is 240 g/mol. The molecule has 0 aromatic heterocycles. The third-order valence-corrected chi connectivity index (χ3v) is 4.11. The van der Waals surface area contributed by atoms with E-state index >= 15 is 0 Å². The largest absolute Gasteiger partial charge is 0.352 e. The van der Waals surface area contributed by atoms with Crippen molar-refractivity contribution in [1.29, 1.82) is 0 Å². The van der Waals surface area contributed by atoms with Gasteiger partial charge >= 0.3 is 0 Å². The van der Waals surface area contributed by atoms with Gasteiger partial charge in [-0.05, 0) is 24.7 Å². The minimum absolute atomic E-state index is 0.161. The summed E-state index contributed by atoms with van der Waals surface area (Å²) in [6.45, 7) is 7.12. The van der Waals surface area contributed by atoms with Crippen molar-refractivity contribution in [3.63, 3.8) is 0 Å². The maximum absolute atomic E-state index is 12.2. The van der Waals surface area contributed by atoms with Crippen molar-refractivity contribution >= 4 is 5.91 Å². The molecule has 0 aliphatic heterocycles. The molecule has 1 saturated carbocycles. The first-order valence-corrected chi connectivity index (χ1v) is 7.01. The molecule has 100 valence electrons. The summed E-state index contributed by atoms with van der Waals surface area (Å²) in [6, 6.07) is 0.166. The molecule has 1 aliphatic carbocycles. The van der Waals surface area contributed by atoms with Crippen molar-refractivity contribution in [2.75, 3.05) is 6.54 Å². The van der Waals surface area contributed by atoms with E-state index in [9.17, 15) is 4.79 Å². The van der Waals surface area contributed by atoms with Gasteiger partial charge in [0.15, 0.2) is 0 Å². The van der Waals surface area contributed by atoms with Crippen LogP contribution in [0, 0.1) is 11.3 Å². The zero-order chi connectivity index (χ0) is 12.9. The average Bonchev–Trinajstić information content (AvgIpc) is 2.63. The number of hydrogen-bond acceptors (Lipinski definition) is 2. The Hall–Kier alpha value is -0.570. The molecule has 2 atom stereocenters. The van der Waals surface area contributed by atoms with Crippen LogP contribution in [-0.4, -0.2) is 18.5 Å². The van der Waals surface area contributed by atoms with Crippen molar-refractivity contribution in [2.24, 2.45) is 17.1 Å². The lowest BCUT2D eigenvalue weighted by Crippen LogP contribution is -2.45. The number of rotatable bonds is 6. The fraction of sp³-hybridized carbons (Fsp3) is 0.929. The first-order chi connectivity index (χ1) is 8.01. The van der Waals surface area contributed by atoms with E-state index in [1.165, 1.54) is 6.42 Å². The van der Waals surface area contributed by atoms with Crippen LogP contribution in [0.25, 0.3) is 0 Å². The minimum atomic E-state index is 0.161. The molecule has 0 aromatic rings. The van der Waals surface area contributed by atoms with Gasteiger partial charge in [-0.1, -0.05) is 40.0 Å². The van der Waals surface area contributed by atoms with Gasteiger partial charge in [0, 0.05) is 18.5 Å². The van der Waals surface area contributed by atoms with Crippen LogP contribution in [0.4, 0.5) is 0 Å². The van der Waals surface area contributed by atoms with Crippen LogP contribution >= 0.6 is 0 Å². The summed E-state index contributed by atoms with van der Waals surface area (Å²) in [7, 11) is 0. The quantitative estimate of drug-likeness (QED) is 0.749. The maximum Gasteiger partial charge on any atom is 0.223 e. The van der Waals surface area contributed by atoms with Crippen LogP contribution in [0.5, 0.6) is 0 Å². The molecule has 1 amide bonds. The molecule has 0 spiro atoms. The smallest absolute Gasteiger partial charge is 0.223 e. The second-order valence-corrected chi connectivity index (χ2v) is 6.02. The van der Waals surface area contributed by atoms with E-state index in [0.717, 1.165) is 32.1 Å². The van der Waals surface area contributed by atoms with Crippen LogP contribution < -0.4 is 11.1 Å². The second-order valence-electron chi connectivity index (χ2n) is 6.02. The van der Waals surface area contributed by atoms with Crippen molar-refractivity contribution < 1.29 is 4.79 Å². The Bertz CT molecular complexity index is 251. The van der Waals surface area contributed by atoms with Crippen LogP contribution in [0.2, 0.25) is 0 Å². The predicted molar refractivity (Wildman–Crippen MR) is 71.6 cm³/mol. The van der Waals surface area contributed by atoms with E-state index in [1.54, 1.807) is 0 Å². The number of nitrogens with two attached hydrogens (primary N) is 1. The van der Waals surface area contributed by atoms with Gasteiger partial charge in [-0.3, -0.25) is 4.79 Å². The van der Waals surface area contributed by atoms with E-state index in [-0.39, 0.29) is 23.3 Å². The number of carbonyl (C=O) groups is 1. The molecule has 0 aromatic carbocycles. The van der Waals surface area contributed by atoms with Crippen molar-refractivity contribution in [3.05, 3.63) is 0 Å². The van der Waals surface area contributed by atoms with Gasteiger partial charge in [-0.15, -0.1) is 0 Å². The Morgan fingerprint density at radius 1 is 1.53 bits per heavy atom. The first kappa shape index (κ1) is 14.5. The molecule has 0 radical (unpaired) electrons. The van der Waals surface area contributed by atoms with E-state index < -0.39 is 0 Å². The highest BCUT2D eigenvalue weighted by atomic mass is 16.2. The van der Waals surface area contributed by atoms with E-state index in [2.05, 4.69) is 26.1 Å². The summed E-state index contributed by atoms with van der Waals surface area (Å²) >= 11 is 0. The Labute approximate surface area is 106 Å². The van der Waals surface area contributed by atoms with Crippen molar-refractivity contribution in [3.8, 4) is 0 Å². The number of hydrogen-bond donors (Lipinski definition) is 2. The zero-order valence-electron chi connectivity index (χ0n) is 11.6. The number of unbranched alkanes of at least 4 members (excludes halogenated alkanes) is 1. The SMILES string of the molecule is CCCCC(CN)NC(=O)C1CCCC1(C)C. The van der Waals surface area contributed by atoms with Gasteiger partial charge in [0.25, 0.3) is 0 Å². The third-order valence-electron chi connectivity index (χ3n) is 4.11. The molecule has 1 rings (SSSR count). The molecular formula is C14H28N2O. The normalized spacial score (nSPS) is 24.6. The molecular weight excluding hydrogens is 212 g/mol. The molecule has 3 nitrogen and oxygen atoms in total. The molecule has 1 fully saturated rings. The summed E-state index contributed by atoms with van der Waals surface area (Å²) in [5, 5.41) is 3.14. The summed E-state index contributed by atoms with van der Waals surface area (Å²) in [5.41, 5.74) is 5.87. The molecule has 3 heteroatoms. The molecule has 0 heterocycles. The van der Waals surface area contributed by atoms with Crippen LogP contribution in [-0.2, 0) is 4.79 Å². The van der Waals surface area contributed by atoms with Gasteiger partial charge in [-0.2, -0.15) is 0 Å². The summed E-state index contributed by atoms with van der Waals surface area (Å²) < 4.78 is 0. The Balaban J connectivity index is 2.47. The van der Waals surface area contributed by atoms with Gasteiger partial charge in [0.05, 0.1) is 0 Å². The highest BCUT2D eigenvalue weighted by Crippen LogP contribution is 2.42. The predicted octanol–water partition coefficient (Wildman–Crippen LogP) is 2.45. The lowest BCUT2D eigenvalue weighted by Gasteiger charge is -2.28. The minimum Gasteiger partial charge on any atom is -0.352 e. The van der Waals surface area contributed by atoms with Crippen molar-refractivity contribution in [1.82, 2.24) is 5.32 Å². The van der Waals surface area contributed by atoms with Crippen LogP contribution in [0.15, 0.2) is 0 Å². The molecule has 0 bridgehead atoms. The topological polar surface area (TPSA) is 55.1 Å².